The highest BCUT2D eigenvalue weighted by Gasteiger charge is 2.25. The van der Waals surface area contributed by atoms with E-state index in [9.17, 15) is 9.59 Å². The number of rotatable bonds is 6. The summed E-state index contributed by atoms with van der Waals surface area (Å²) in [7, 11) is 1.81. The first kappa shape index (κ1) is 18.9. The van der Waals surface area contributed by atoms with Crippen molar-refractivity contribution in [3.63, 3.8) is 0 Å². The van der Waals surface area contributed by atoms with Crippen molar-refractivity contribution in [3.05, 3.63) is 59.5 Å². The Kier molecular flexibility index (Phi) is 4.88. The van der Waals surface area contributed by atoms with E-state index >= 15 is 0 Å². The van der Waals surface area contributed by atoms with E-state index in [0.717, 1.165) is 39.2 Å². The third-order valence-corrected chi connectivity index (χ3v) is 5.16. The van der Waals surface area contributed by atoms with Gasteiger partial charge in [0.25, 0.3) is 5.91 Å². The topological polar surface area (TPSA) is 94.1 Å². The molecule has 0 bridgehead atoms. The Morgan fingerprint density at radius 2 is 2.00 bits per heavy atom. The van der Waals surface area contributed by atoms with Crippen LogP contribution in [0.3, 0.4) is 0 Å². The number of benzene rings is 1. The lowest BCUT2D eigenvalue weighted by Gasteiger charge is -2.10. The minimum Gasteiger partial charge on any atom is -0.370 e. The summed E-state index contributed by atoms with van der Waals surface area (Å²) in [5.74, 6) is -0.266. The minimum absolute atomic E-state index is 0.0401. The van der Waals surface area contributed by atoms with Gasteiger partial charge in [-0.25, -0.2) is 0 Å². The molecular weight excluding hydrogens is 366 g/mol. The Morgan fingerprint density at radius 1 is 1.17 bits per heavy atom. The van der Waals surface area contributed by atoms with E-state index in [1.807, 2.05) is 55.2 Å². The Balaban J connectivity index is 1.69. The van der Waals surface area contributed by atoms with Crippen LogP contribution in [0.1, 0.15) is 34.5 Å². The molecular formula is C22H23N5O2. The molecule has 0 saturated carbocycles. The van der Waals surface area contributed by atoms with Gasteiger partial charge < -0.3 is 10.6 Å². The first-order chi connectivity index (χ1) is 13.9. The average Bonchev–Trinajstić information content (AvgIpc) is 3.26. The number of primary amides is 1. The first-order valence-corrected chi connectivity index (χ1v) is 9.60. The third kappa shape index (κ3) is 3.76. The van der Waals surface area contributed by atoms with Crippen LogP contribution in [0.25, 0.3) is 22.4 Å². The van der Waals surface area contributed by atoms with Gasteiger partial charge in [0.1, 0.15) is 0 Å². The van der Waals surface area contributed by atoms with Gasteiger partial charge in [-0.2, -0.15) is 5.10 Å². The van der Waals surface area contributed by atoms with Gasteiger partial charge in [-0.1, -0.05) is 18.2 Å². The van der Waals surface area contributed by atoms with Crippen LogP contribution in [0.15, 0.2) is 42.7 Å². The minimum atomic E-state index is -0.306. The SMILES string of the molecule is Cc1ccc(-c2cnn(CCCC(N)=O)c2)c(-c2ccc3c(c2)C(=O)N(C)C3)n1. The van der Waals surface area contributed by atoms with Crippen molar-refractivity contribution in [3.8, 4) is 22.4 Å². The zero-order valence-corrected chi connectivity index (χ0v) is 16.6. The molecule has 29 heavy (non-hydrogen) atoms. The summed E-state index contributed by atoms with van der Waals surface area (Å²) in [6, 6.07) is 9.96. The quantitative estimate of drug-likeness (QED) is 0.701. The van der Waals surface area contributed by atoms with Crippen molar-refractivity contribution in [2.75, 3.05) is 7.05 Å². The fourth-order valence-electron chi connectivity index (χ4n) is 3.64. The highest BCUT2D eigenvalue weighted by Crippen LogP contribution is 2.33. The van der Waals surface area contributed by atoms with E-state index in [-0.39, 0.29) is 11.8 Å². The van der Waals surface area contributed by atoms with Crippen LogP contribution in [-0.4, -0.2) is 38.5 Å². The van der Waals surface area contributed by atoms with Crippen LogP contribution in [0, 0.1) is 6.92 Å². The second-order valence-corrected chi connectivity index (χ2v) is 7.44. The number of aryl methyl sites for hydroxylation is 2. The van der Waals surface area contributed by atoms with Crippen molar-refractivity contribution in [1.29, 1.82) is 0 Å². The molecule has 1 aliphatic rings. The van der Waals surface area contributed by atoms with E-state index < -0.39 is 0 Å². The lowest BCUT2D eigenvalue weighted by Crippen LogP contribution is -2.17. The molecule has 2 amide bonds. The van der Waals surface area contributed by atoms with Gasteiger partial charge in [0.05, 0.1) is 11.9 Å². The summed E-state index contributed by atoms with van der Waals surface area (Å²) in [5, 5.41) is 4.40. The van der Waals surface area contributed by atoms with E-state index in [4.69, 9.17) is 10.7 Å². The number of carbonyl (C=O) groups excluding carboxylic acids is 2. The molecule has 0 unspecified atom stereocenters. The fraction of sp³-hybridized carbons (Fsp3) is 0.273. The summed E-state index contributed by atoms with van der Waals surface area (Å²) >= 11 is 0. The molecule has 3 heterocycles. The molecule has 1 aliphatic heterocycles. The molecule has 148 valence electrons. The maximum atomic E-state index is 12.4. The highest BCUT2D eigenvalue weighted by molar-refractivity contribution is 5.99. The van der Waals surface area contributed by atoms with Crippen LogP contribution in [-0.2, 0) is 17.9 Å². The van der Waals surface area contributed by atoms with Gasteiger partial charge in [0.2, 0.25) is 5.91 Å². The molecule has 0 saturated heterocycles. The van der Waals surface area contributed by atoms with Gasteiger partial charge in [-0.3, -0.25) is 19.3 Å². The number of carbonyl (C=O) groups is 2. The maximum absolute atomic E-state index is 12.4. The van der Waals surface area contributed by atoms with Crippen molar-refractivity contribution >= 4 is 11.8 Å². The molecule has 7 nitrogen and oxygen atoms in total. The standard InChI is InChI=1S/C22H23N5O2/c1-14-5-8-18(17-11-24-27(13-17)9-3-4-20(23)28)21(25-14)15-6-7-16-12-26(2)22(29)19(16)10-15/h5-8,10-11,13H,3-4,9,12H2,1-2H3,(H2,23,28). The zero-order valence-electron chi connectivity index (χ0n) is 16.6. The van der Waals surface area contributed by atoms with Crippen molar-refractivity contribution in [1.82, 2.24) is 19.7 Å². The number of hydrogen-bond acceptors (Lipinski definition) is 4. The summed E-state index contributed by atoms with van der Waals surface area (Å²) in [4.78, 5) is 29.8. The second-order valence-electron chi connectivity index (χ2n) is 7.44. The zero-order chi connectivity index (χ0) is 20.5. The predicted octanol–water partition coefficient (Wildman–Crippen LogP) is 2.77. The summed E-state index contributed by atoms with van der Waals surface area (Å²) in [6.07, 6.45) is 4.73. The van der Waals surface area contributed by atoms with Crippen LogP contribution < -0.4 is 5.73 Å². The van der Waals surface area contributed by atoms with Crippen LogP contribution in [0.2, 0.25) is 0 Å². The largest absolute Gasteiger partial charge is 0.370 e. The Hall–Kier alpha value is -3.48. The van der Waals surface area contributed by atoms with E-state index in [0.29, 0.717) is 25.9 Å². The summed E-state index contributed by atoms with van der Waals surface area (Å²) in [6.45, 7) is 3.21. The van der Waals surface area contributed by atoms with Crippen LogP contribution in [0.5, 0.6) is 0 Å². The number of hydrogen-bond donors (Lipinski definition) is 1. The molecule has 7 heteroatoms. The Morgan fingerprint density at radius 3 is 2.79 bits per heavy atom. The van der Waals surface area contributed by atoms with E-state index in [1.165, 1.54) is 0 Å². The van der Waals surface area contributed by atoms with Gasteiger partial charge in [0, 0.05) is 60.7 Å². The number of nitrogens with two attached hydrogens (primary N) is 1. The molecule has 0 aliphatic carbocycles. The van der Waals surface area contributed by atoms with E-state index in [2.05, 4.69) is 5.10 Å². The van der Waals surface area contributed by atoms with Gasteiger partial charge >= 0.3 is 0 Å². The lowest BCUT2D eigenvalue weighted by molar-refractivity contribution is -0.118. The molecule has 0 radical (unpaired) electrons. The van der Waals surface area contributed by atoms with Gasteiger partial charge in [0.15, 0.2) is 0 Å². The molecule has 2 aromatic heterocycles. The van der Waals surface area contributed by atoms with Crippen molar-refractivity contribution < 1.29 is 9.59 Å². The molecule has 0 fully saturated rings. The average molecular weight is 389 g/mol. The van der Waals surface area contributed by atoms with Crippen molar-refractivity contribution in [2.45, 2.75) is 32.9 Å². The molecule has 3 aromatic rings. The van der Waals surface area contributed by atoms with E-state index in [1.54, 1.807) is 11.1 Å². The third-order valence-electron chi connectivity index (χ3n) is 5.16. The molecule has 0 spiro atoms. The number of aromatic nitrogens is 3. The summed E-state index contributed by atoms with van der Waals surface area (Å²) in [5.41, 5.74) is 11.5. The highest BCUT2D eigenvalue weighted by atomic mass is 16.2. The maximum Gasteiger partial charge on any atom is 0.254 e. The monoisotopic (exact) mass is 389 g/mol. The first-order valence-electron chi connectivity index (χ1n) is 9.60. The number of nitrogens with zero attached hydrogens (tertiary/aromatic N) is 4. The van der Waals surface area contributed by atoms with Crippen LogP contribution >= 0.6 is 0 Å². The molecule has 1 aromatic carbocycles. The van der Waals surface area contributed by atoms with Gasteiger partial charge in [-0.15, -0.1) is 0 Å². The predicted molar refractivity (Wildman–Crippen MR) is 110 cm³/mol. The number of amides is 2. The smallest absolute Gasteiger partial charge is 0.254 e. The van der Waals surface area contributed by atoms with Crippen LogP contribution in [0.4, 0.5) is 0 Å². The fourth-order valence-corrected chi connectivity index (χ4v) is 3.64. The number of fused-ring (bicyclic) bond motifs is 1. The number of pyridine rings is 1. The normalized spacial score (nSPS) is 13.0. The Labute approximate surface area is 169 Å². The molecule has 2 N–H and O–H groups in total. The lowest BCUT2D eigenvalue weighted by atomic mass is 9.98. The second kappa shape index (κ2) is 7.50. The molecule has 4 rings (SSSR count). The Bertz CT molecular complexity index is 1100. The summed E-state index contributed by atoms with van der Waals surface area (Å²) < 4.78 is 1.81. The van der Waals surface area contributed by atoms with Gasteiger partial charge in [-0.05, 0) is 31.0 Å². The van der Waals surface area contributed by atoms with Crippen molar-refractivity contribution in [2.24, 2.45) is 5.73 Å². The molecule has 0 atom stereocenters.